The molecule has 0 aliphatic heterocycles. The number of likely N-dealkylation sites (N-methyl/N-ethyl adjacent to an activating group) is 1. The van der Waals surface area contributed by atoms with Gasteiger partial charge in [0.05, 0.1) is 17.9 Å². The first-order valence-electron chi connectivity index (χ1n) is 8.12. The fourth-order valence-corrected chi connectivity index (χ4v) is 2.63. The molecule has 0 aliphatic rings. The second-order valence-corrected chi connectivity index (χ2v) is 5.98. The van der Waals surface area contributed by atoms with E-state index in [9.17, 15) is 4.79 Å². The number of nitrogens with zero attached hydrogens (tertiary/aromatic N) is 4. The van der Waals surface area contributed by atoms with Gasteiger partial charge in [0.15, 0.2) is 5.69 Å². The van der Waals surface area contributed by atoms with Gasteiger partial charge >= 0.3 is 0 Å². The van der Waals surface area contributed by atoms with Crippen LogP contribution in [0.5, 0.6) is 0 Å². The van der Waals surface area contributed by atoms with Crippen LogP contribution in [-0.4, -0.2) is 46.4 Å². The fourth-order valence-electron chi connectivity index (χ4n) is 2.63. The number of carbonyl (C=O) groups excluding carboxylic acids is 1. The van der Waals surface area contributed by atoms with Gasteiger partial charge in [0.2, 0.25) is 0 Å². The number of rotatable bonds is 6. The lowest BCUT2D eigenvalue weighted by Crippen LogP contribution is -2.34. The first kappa shape index (κ1) is 16.9. The molecule has 3 aromatic rings. The van der Waals surface area contributed by atoms with Crippen molar-refractivity contribution in [1.82, 2.24) is 25.2 Å². The van der Waals surface area contributed by atoms with E-state index in [2.05, 4.69) is 32.7 Å². The van der Waals surface area contributed by atoms with Crippen molar-refractivity contribution < 1.29 is 4.79 Å². The van der Waals surface area contributed by atoms with E-state index in [4.69, 9.17) is 0 Å². The summed E-state index contributed by atoms with van der Waals surface area (Å²) in [6.45, 7) is 0.494. The summed E-state index contributed by atoms with van der Waals surface area (Å²) in [6, 6.07) is 19.8. The van der Waals surface area contributed by atoms with Gasteiger partial charge in [-0.05, 0) is 31.8 Å². The second-order valence-electron chi connectivity index (χ2n) is 5.98. The van der Waals surface area contributed by atoms with Crippen molar-refractivity contribution in [3.8, 4) is 5.69 Å². The van der Waals surface area contributed by atoms with Gasteiger partial charge in [0.25, 0.3) is 5.91 Å². The molecule has 1 aromatic heterocycles. The van der Waals surface area contributed by atoms with Crippen LogP contribution in [0, 0.1) is 0 Å². The quantitative estimate of drug-likeness (QED) is 0.751. The molecule has 0 spiro atoms. The molecule has 0 bridgehead atoms. The lowest BCUT2D eigenvalue weighted by molar-refractivity contribution is 0.0937. The maximum Gasteiger partial charge on any atom is 0.273 e. The molecule has 1 N–H and O–H groups in total. The molecule has 3 rings (SSSR count). The van der Waals surface area contributed by atoms with Gasteiger partial charge in [-0.3, -0.25) is 4.79 Å². The van der Waals surface area contributed by atoms with E-state index >= 15 is 0 Å². The van der Waals surface area contributed by atoms with Crippen LogP contribution in [0.1, 0.15) is 22.1 Å². The number of hydrogen-bond acceptors (Lipinski definition) is 4. The highest BCUT2D eigenvalue weighted by Gasteiger charge is 2.17. The summed E-state index contributed by atoms with van der Waals surface area (Å²) in [6.07, 6.45) is 1.64. The van der Waals surface area contributed by atoms with Crippen LogP contribution < -0.4 is 5.32 Å². The Morgan fingerprint density at radius 3 is 2.36 bits per heavy atom. The minimum absolute atomic E-state index is 0.0920. The monoisotopic (exact) mass is 335 g/mol. The zero-order chi connectivity index (χ0) is 17.6. The van der Waals surface area contributed by atoms with Gasteiger partial charge in [-0.2, -0.15) is 0 Å². The summed E-state index contributed by atoms with van der Waals surface area (Å²) in [5.74, 6) is -0.232. The Bertz CT molecular complexity index is 814. The molecule has 6 nitrogen and oxygen atoms in total. The number of nitrogens with one attached hydrogen (secondary N) is 1. The largest absolute Gasteiger partial charge is 0.349 e. The van der Waals surface area contributed by atoms with Crippen molar-refractivity contribution >= 4 is 5.91 Å². The van der Waals surface area contributed by atoms with E-state index in [1.54, 1.807) is 10.9 Å². The Balaban J connectivity index is 1.67. The lowest BCUT2D eigenvalue weighted by Gasteiger charge is -2.24. The van der Waals surface area contributed by atoms with Crippen LogP contribution in [0.25, 0.3) is 5.69 Å². The normalized spacial score (nSPS) is 12.1. The highest BCUT2D eigenvalue weighted by molar-refractivity contribution is 5.91. The molecule has 0 unspecified atom stereocenters. The number of para-hydroxylation sites is 1. The molecule has 1 heterocycles. The molecule has 128 valence electrons. The number of aromatic nitrogens is 3. The average molecular weight is 335 g/mol. The van der Waals surface area contributed by atoms with Crippen molar-refractivity contribution in [3.63, 3.8) is 0 Å². The third-order valence-corrected chi connectivity index (χ3v) is 4.01. The Morgan fingerprint density at radius 1 is 1.08 bits per heavy atom. The van der Waals surface area contributed by atoms with Crippen molar-refractivity contribution in [1.29, 1.82) is 0 Å². The first-order chi connectivity index (χ1) is 12.1. The topological polar surface area (TPSA) is 63.1 Å². The summed E-state index contributed by atoms with van der Waals surface area (Å²) >= 11 is 0. The number of hydrogen-bond donors (Lipinski definition) is 1. The Kier molecular flexibility index (Phi) is 5.20. The van der Waals surface area contributed by atoms with Crippen LogP contribution in [0.2, 0.25) is 0 Å². The van der Waals surface area contributed by atoms with Crippen molar-refractivity contribution in [3.05, 3.63) is 78.1 Å². The molecular weight excluding hydrogens is 314 g/mol. The predicted molar refractivity (Wildman–Crippen MR) is 96.6 cm³/mol. The van der Waals surface area contributed by atoms with Gasteiger partial charge < -0.3 is 10.2 Å². The zero-order valence-electron chi connectivity index (χ0n) is 14.3. The SMILES string of the molecule is CN(C)[C@@H](CNC(=O)c1cn(-c2ccccc2)nn1)c1ccccc1. The van der Waals surface area contributed by atoms with Crippen LogP contribution in [-0.2, 0) is 0 Å². The molecule has 0 saturated heterocycles. The molecule has 1 amide bonds. The van der Waals surface area contributed by atoms with Crippen LogP contribution >= 0.6 is 0 Å². The third kappa shape index (κ3) is 4.10. The molecule has 2 aromatic carbocycles. The lowest BCUT2D eigenvalue weighted by atomic mass is 10.1. The maximum atomic E-state index is 12.4. The molecule has 0 radical (unpaired) electrons. The predicted octanol–water partition coefficient (Wildman–Crippen LogP) is 2.30. The van der Waals surface area contributed by atoms with Gasteiger partial charge in [-0.25, -0.2) is 4.68 Å². The van der Waals surface area contributed by atoms with E-state index in [0.717, 1.165) is 11.3 Å². The van der Waals surface area contributed by atoms with Crippen molar-refractivity contribution in [2.45, 2.75) is 6.04 Å². The smallest absolute Gasteiger partial charge is 0.273 e. The summed E-state index contributed by atoms with van der Waals surface area (Å²) in [5.41, 5.74) is 2.32. The highest BCUT2D eigenvalue weighted by atomic mass is 16.2. The minimum Gasteiger partial charge on any atom is -0.349 e. The fraction of sp³-hybridized carbons (Fsp3) is 0.211. The van der Waals surface area contributed by atoms with E-state index in [0.29, 0.717) is 12.2 Å². The molecule has 6 heteroatoms. The Labute approximate surface area is 147 Å². The van der Waals surface area contributed by atoms with Gasteiger partial charge in [0.1, 0.15) is 0 Å². The maximum absolute atomic E-state index is 12.4. The molecule has 25 heavy (non-hydrogen) atoms. The van der Waals surface area contributed by atoms with E-state index in [1.165, 1.54) is 0 Å². The number of benzene rings is 2. The Morgan fingerprint density at radius 2 is 1.72 bits per heavy atom. The zero-order valence-corrected chi connectivity index (χ0v) is 14.3. The second kappa shape index (κ2) is 7.72. The van der Waals surface area contributed by atoms with E-state index in [1.807, 2.05) is 62.6 Å². The van der Waals surface area contributed by atoms with Gasteiger partial charge in [-0.1, -0.05) is 53.7 Å². The van der Waals surface area contributed by atoms with Gasteiger partial charge in [-0.15, -0.1) is 5.10 Å². The summed E-state index contributed by atoms with van der Waals surface area (Å²) in [7, 11) is 3.99. The molecular formula is C19H21N5O. The molecule has 0 fully saturated rings. The van der Waals surface area contributed by atoms with Crippen LogP contribution in [0.15, 0.2) is 66.9 Å². The summed E-state index contributed by atoms with van der Waals surface area (Å²) < 4.78 is 1.59. The van der Waals surface area contributed by atoms with Crippen LogP contribution in [0.4, 0.5) is 0 Å². The summed E-state index contributed by atoms with van der Waals surface area (Å²) in [5, 5.41) is 10.9. The van der Waals surface area contributed by atoms with E-state index < -0.39 is 0 Å². The average Bonchev–Trinajstić information content (AvgIpc) is 3.13. The molecule has 0 aliphatic carbocycles. The molecule has 0 saturated carbocycles. The van der Waals surface area contributed by atoms with Gasteiger partial charge in [0, 0.05) is 6.54 Å². The van der Waals surface area contributed by atoms with Crippen molar-refractivity contribution in [2.75, 3.05) is 20.6 Å². The van der Waals surface area contributed by atoms with Crippen LogP contribution in [0.3, 0.4) is 0 Å². The molecule has 1 atom stereocenters. The third-order valence-electron chi connectivity index (χ3n) is 4.01. The standard InChI is InChI=1S/C19H21N5O/c1-23(2)18(15-9-5-3-6-10-15)13-20-19(25)17-14-24(22-21-17)16-11-7-4-8-12-16/h3-12,14,18H,13H2,1-2H3,(H,20,25)/t18-/m0/s1. The van der Waals surface area contributed by atoms with E-state index in [-0.39, 0.29) is 11.9 Å². The first-order valence-corrected chi connectivity index (χ1v) is 8.12. The number of carbonyl (C=O) groups is 1. The number of amides is 1. The summed E-state index contributed by atoms with van der Waals surface area (Å²) in [4.78, 5) is 14.5. The minimum atomic E-state index is -0.232. The Hall–Kier alpha value is -2.99. The highest BCUT2D eigenvalue weighted by Crippen LogP contribution is 2.16. The van der Waals surface area contributed by atoms with Crippen molar-refractivity contribution in [2.24, 2.45) is 0 Å².